The van der Waals surface area contributed by atoms with Crippen LogP contribution >= 0.6 is 0 Å². The Bertz CT molecular complexity index is 251. The molecule has 16 heavy (non-hydrogen) atoms. The summed E-state index contributed by atoms with van der Waals surface area (Å²) in [5.41, 5.74) is -0.928. The lowest BCUT2D eigenvalue weighted by Gasteiger charge is -2.32. The van der Waals surface area contributed by atoms with E-state index in [1.165, 1.54) is 0 Å². The van der Waals surface area contributed by atoms with E-state index in [1.807, 2.05) is 20.8 Å². The van der Waals surface area contributed by atoms with Gasteiger partial charge in [0.1, 0.15) is 5.54 Å². The normalized spacial score (nSPS) is 14.4. The third-order valence-electron chi connectivity index (χ3n) is 2.73. The smallest absolute Gasteiger partial charge is 0.331 e. The summed E-state index contributed by atoms with van der Waals surface area (Å²) in [6.07, 6.45) is 1.20. The van der Waals surface area contributed by atoms with Gasteiger partial charge in [-0.25, -0.2) is 4.79 Å². The first-order chi connectivity index (χ1) is 7.38. The second-order valence-electron chi connectivity index (χ2n) is 4.38. The highest BCUT2D eigenvalue weighted by molar-refractivity contribution is 5.87. The first kappa shape index (κ1) is 14.9. The molecule has 1 N–H and O–H groups in total. The number of rotatable bonds is 6. The van der Waals surface area contributed by atoms with Crippen LogP contribution in [0.5, 0.6) is 0 Å². The Morgan fingerprint density at radius 1 is 1.31 bits per heavy atom. The molecule has 0 aromatic heterocycles. The molecule has 1 amide bonds. The fourth-order valence-electron chi connectivity index (χ4n) is 1.29. The van der Waals surface area contributed by atoms with Crippen molar-refractivity contribution in [3.05, 3.63) is 0 Å². The first-order valence-corrected chi connectivity index (χ1v) is 5.86. The Morgan fingerprint density at radius 3 is 2.25 bits per heavy atom. The van der Waals surface area contributed by atoms with Crippen molar-refractivity contribution in [2.24, 2.45) is 5.92 Å². The maximum absolute atomic E-state index is 11.8. The topological polar surface area (TPSA) is 55.4 Å². The molecule has 0 aromatic rings. The van der Waals surface area contributed by atoms with E-state index in [0.29, 0.717) is 13.0 Å². The summed E-state index contributed by atoms with van der Waals surface area (Å²) >= 11 is 0. The highest BCUT2D eigenvalue weighted by atomic mass is 16.5. The van der Waals surface area contributed by atoms with Gasteiger partial charge in [0.15, 0.2) is 0 Å². The van der Waals surface area contributed by atoms with Crippen LogP contribution in [0.4, 0.5) is 0 Å². The molecule has 0 heterocycles. The number of carbonyl (C=O) groups excluding carboxylic acids is 2. The molecule has 0 aromatic carbocycles. The molecule has 0 fully saturated rings. The number of ether oxygens (including phenoxy) is 1. The van der Waals surface area contributed by atoms with Crippen LogP contribution in [0.25, 0.3) is 0 Å². The van der Waals surface area contributed by atoms with Crippen molar-refractivity contribution in [3.63, 3.8) is 0 Å². The van der Waals surface area contributed by atoms with Crippen molar-refractivity contribution in [1.29, 1.82) is 0 Å². The monoisotopic (exact) mass is 229 g/mol. The van der Waals surface area contributed by atoms with E-state index in [-0.39, 0.29) is 17.8 Å². The van der Waals surface area contributed by atoms with Crippen LogP contribution in [0.1, 0.15) is 47.5 Å². The van der Waals surface area contributed by atoms with E-state index in [0.717, 1.165) is 6.42 Å². The summed E-state index contributed by atoms with van der Waals surface area (Å²) in [6, 6.07) is 0. The van der Waals surface area contributed by atoms with Gasteiger partial charge in [0.2, 0.25) is 5.91 Å². The van der Waals surface area contributed by atoms with E-state index in [9.17, 15) is 9.59 Å². The van der Waals surface area contributed by atoms with Gasteiger partial charge in [0.05, 0.1) is 6.61 Å². The van der Waals surface area contributed by atoms with E-state index in [1.54, 1.807) is 13.8 Å². The van der Waals surface area contributed by atoms with Gasteiger partial charge in [-0.1, -0.05) is 20.8 Å². The van der Waals surface area contributed by atoms with Gasteiger partial charge < -0.3 is 10.1 Å². The number of carbonyl (C=O) groups is 2. The van der Waals surface area contributed by atoms with Crippen molar-refractivity contribution >= 4 is 11.9 Å². The van der Waals surface area contributed by atoms with Crippen molar-refractivity contribution in [2.75, 3.05) is 6.61 Å². The van der Waals surface area contributed by atoms with Crippen molar-refractivity contribution in [1.82, 2.24) is 5.32 Å². The summed E-state index contributed by atoms with van der Waals surface area (Å²) in [4.78, 5) is 23.4. The van der Waals surface area contributed by atoms with Crippen LogP contribution in [0, 0.1) is 5.92 Å². The minimum Gasteiger partial charge on any atom is -0.464 e. The molecule has 94 valence electrons. The molecular formula is C12H23NO3. The lowest BCUT2D eigenvalue weighted by molar-refractivity contribution is -0.154. The number of nitrogens with one attached hydrogen (secondary N) is 1. The maximum atomic E-state index is 11.8. The largest absolute Gasteiger partial charge is 0.464 e. The van der Waals surface area contributed by atoms with Crippen molar-refractivity contribution in [3.8, 4) is 0 Å². The van der Waals surface area contributed by atoms with Crippen LogP contribution in [-0.4, -0.2) is 24.0 Å². The second-order valence-corrected chi connectivity index (χ2v) is 4.38. The Hall–Kier alpha value is -1.06. The maximum Gasteiger partial charge on any atom is 0.331 e. The molecule has 0 radical (unpaired) electrons. The SMILES string of the molecule is CCCC(=O)NC(C)(C(=O)OCC)C(C)C. The molecule has 0 spiro atoms. The average molecular weight is 229 g/mol. The number of hydrogen-bond donors (Lipinski definition) is 1. The van der Waals surface area contributed by atoms with Crippen LogP contribution in [0.2, 0.25) is 0 Å². The predicted octanol–water partition coefficient (Wildman–Crippen LogP) is 1.88. The summed E-state index contributed by atoms with van der Waals surface area (Å²) in [6.45, 7) is 9.50. The zero-order valence-corrected chi connectivity index (χ0v) is 10.9. The third-order valence-corrected chi connectivity index (χ3v) is 2.73. The molecule has 0 aliphatic rings. The summed E-state index contributed by atoms with van der Waals surface area (Å²) in [7, 11) is 0. The molecule has 0 saturated heterocycles. The minimum atomic E-state index is -0.928. The van der Waals surface area contributed by atoms with E-state index >= 15 is 0 Å². The molecule has 4 heteroatoms. The van der Waals surface area contributed by atoms with Gasteiger partial charge >= 0.3 is 5.97 Å². The van der Waals surface area contributed by atoms with Gasteiger partial charge in [-0.05, 0) is 26.2 Å². The standard InChI is InChI=1S/C12H23NO3/c1-6-8-10(14)13-12(5,9(3)4)11(15)16-7-2/h9H,6-8H2,1-5H3,(H,13,14). The fraction of sp³-hybridized carbons (Fsp3) is 0.833. The number of esters is 1. The lowest BCUT2D eigenvalue weighted by atomic mass is 9.88. The van der Waals surface area contributed by atoms with Gasteiger partial charge in [-0.3, -0.25) is 4.79 Å². The Balaban J connectivity index is 4.69. The Labute approximate surface area is 97.7 Å². The van der Waals surface area contributed by atoms with Crippen LogP contribution in [0.15, 0.2) is 0 Å². The molecule has 4 nitrogen and oxygen atoms in total. The summed E-state index contributed by atoms with van der Waals surface area (Å²) < 4.78 is 4.99. The number of hydrogen-bond acceptors (Lipinski definition) is 3. The quantitative estimate of drug-likeness (QED) is 0.707. The highest BCUT2D eigenvalue weighted by Crippen LogP contribution is 2.18. The Morgan fingerprint density at radius 2 is 1.88 bits per heavy atom. The average Bonchev–Trinajstić information content (AvgIpc) is 2.17. The van der Waals surface area contributed by atoms with Crippen molar-refractivity contribution in [2.45, 2.75) is 53.0 Å². The van der Waals surface area contributed by atoms with E-state index < -0.39 is 5.54 Å². The molecule has 1 atom stereocenters. The third kappa shape index (κ3) is 3.83. The molecule has 0 aliphatic carbocycles. The Kier molecular flexibility index (Phi) is 6.08. The van der Waals surface area contributed by atoms with Crippen LogP contribution < -0.4 is 5.32 Å². The summed E-state index contributed by atoms with van der Waals surface area (Å²) in [5.74, 6) is -0.478. The van der Waals surface area contributed by atoms with Gasteiger partial charge in [0, 0.05) is 6.42 Å². The van der Waals surface area contributed by atoms with E-state index in [4.69, 9.17) is 4.74 Å². The fourth-order valence-corrected chi connectivity index (χ4v) is 1.29. The van der Waals surface area contributed by atoms with Crippen LogP contribution in [-0.2, 0) is 14.3 Å². The second kappa shape index (κ2) is 6.51. The zero-order valence-electron chi connectivity index (χ0n) is 10.9. The zero-order chi connectivity index (χ0) is 12.8. The van der Waals surface area contributed by atoms with Gasteiger partial charge in [0.25, 0.3) is 0 Å². The molecular weight excluding hydrogens is 206 g/mol. The lowest BCUT2D eigenvalue weighted by Crippen LogP contribution is -2.56. The summed E-state index contributed by atoms with van der Waals surface area (Å²) in [5, 5.41) is 2.76. The van der Waals surface area contributed by atoms with Crippen LogP contribution in [0.3, 0.4) is 0 Å². The van der Waals surface area contributed by atoms with Gasteiger partial charge in [-0.15, -0.1) is 0 Å². The highest BCUT2D eigenvalue weighted by Gasteiger charge is 2.39. The molecule has 0 aliphatic heterocycles. The predicted molar refractivity (Wildman–Crippen MR) is 62.9 cm³/mol. The first-order valence-electron chi connectivity index (χ1n) is 5.86. The van der Waals surface area contributed by atoms with Gasteiger partial charge in [-0.2, -0.15) is 0 Å². The van der Waals surface area contributed by atoms with Crippen molar-refractivity contribution < 1.29 is 14.3 Å². The molecule has 0 rings (SSSR count). The van der Waals surface area contributed by atoms with E-state index in [2.05, 4.69) is 5.32 Å². The molecule has 1 unspecified atom stereocenters. The number of amides is 1. The molecule has 0 bridgehead atoms. The molecule has 0 saturated carbocycles. The minimum absolute atomic E-state index is 0.00708.